The van der Waals surface area contributed by atoms with Gasteiger partial charge in [-0.1, -0.05) is 13.0 Å². The van der Waals surface area contributed by atoms with Crippen molar-refractivity contribution in [3.05, 3.63) is 12.7 Å². The number of likely N-dealkylation sites (N-methyl/N-ethyl adjacent to an activating group) is 1. The van der Waals surface area contributed by atoms with E-state index in [1.165, 1.54) is 4.90 Å². The van der Waals surface area contributed by atoms with E-state index in [0.717, 1.165) is 0 Å². The highest BCUT2D eigenvalue weighted by molar-refractivity contribution is 5.77. The minimum absolute atomic E-state index is 0.124. The molecule has 92 valence electrons. The summed E-state index contributed by atoms with van der Waals surface area (Å²) >= 11 is 0. The third-order valence-corrected chi connectivity index (χ3v) is 2.68. The lowest BCUT2D eigenvalue weighted by molar-refractivity contribution is -0.147. The molecule has 16 heavy (non-hydrogen) atoms. The average Bonchev–Trinajstić information content (AvgIpc) is 2.25. The number of urea groups is 1. The van der Waals surface area contributed by atoms with Crippen LogP contribution in [-0.2, 0) is 4.79 Å². The summed E-state index contributed by atoms with van der Waals surface area (Å²) in [5.41, 5.74) is -0.912. The Kier molecular flexibility index (Phi) is 5.56. The van der Waals surface area contributed by atoms with Gasteiger partial charge in [0.15, 0.2) is 0 Å². The topological polar surface area (TPSA) is 69.6 Å². The molecule has 0 saturated carbocycles. The highest BCUT2D eigenvalue weighted by Gasteiger charge is 2.31. The first-order valence-electron chi connectivity index (χ1n) is 5.20. The molecule has 0 aliphatic rings. The number of aliphatic carboxylic acids is 1. The molecule has 1 unspecified atom stereocenters. The van der Waals surface area contributed by atoms with Crippen LogP contribution in [0, 0.1) is 5.41 Å². The van der Waals surface area contributed by atoms with Gasteiger partial charge in [-0.15, -0.1) is 6.58 Å². The van der Waals surface area contributed by atoms with Crippen molar-refractivity contribution in [3.63, 3.8) is 0 Å². The highest BCUT2D eigenvalue weighted by atomic mass is 16.4. The second-order valence-electron chi connectivity index (χ2n) is 4.05. The first-order valence-corrected chi connectivity index (χ1v) is 5.20. The van der Waals surface area contributed by atoms with Crippen LogP contribution in [0.5, 0.6) is 0 Å². The average molecular weight is 228 g/mol. The van der Waals surface area contributed by atoms with E-state index < -0.39 is 11.4 Å². The maximum atomic E-state index is 11.5. The summed E-state index contributed by atoms with van der Waals surface area (Å²) in [4.78, 5) is 23.9. The molecule has 1 atom stereocenters. The molecule has 2 amide bonds. The molecule has 0 aromatic carbocycles. The van der Waals surface area contributed by atoms with E-state index in [4.69, 9.17) is 5.11 Å². The van der Waals surface area contributed by atoms with E-state index in [1.54, 1.807) is 27.0 Å². The Hall–Kier alpha value is -1.52. The lowest BCUT2D eigenvalue weighted by atomic mass is 9.88. The van der Waals surface area contributed by atoms with Crippen molar-refractivity contribution in [2.75, 3.05) is 20.1 Å². The Morgan fingerprint density at radius 3 is 2.50 bits per heavy atom. The van der Waals surface area contributed by atoms with Crippen LogP contribution in [0.4, 0.5) is 4.79 Å². The summed E-state index contributed by atoms with van der Waals surface area (Å²) in [6.07, 6.45) is 2.07. The second kappa shape index (κ2) is 6.15. The Morgan fingerprint density at radius 1 is 1.56 bits per heavy atom. The number of rotatable bonds is 6. The number of hydrogen-bond acceptors (Lipinski definition) is 2. The van der Waals surface area contributed by atoms with Crippen LogP contribution >= 0.6 is 0 Å². The fourth-order valence-corrected chi connectivity index (χ4v) is 1.03. The SMILES string of the molecule is C=CCN(C)C(=O)NCC(C)(CC)C(=O)O. The van der Waals surface area contributed by atoms with Crippen molar-refractivity contribution in [2.24, 2.45) is 5.41 Å². The molecule has 0 aliphatic carbocycles. The number of hydrogen-bond donors (Lipinski definition) is 2. The van der Waals surface area contributed by atoms with Crippen LogP contribution in [0.1, 0.15) is 20.3 Å². The molecular formula is C11H20N2O3. The van der Waals surface area contributed by atoms with Gasteiger partial charge in [0.05, 0.1) is 5.41 Å². The Morgan fingerprint density at radius 2 is 2.12 bits per heavy atom. The number of carbonyl (C=O) groups excluding carboxylic acids is 1. The first-order chi connectivity index (χ1) is 7.37. The molecule has 2 N–H and O–H groups in total. The second-order valence-corrected chi connectivity index (χ2v) is 4.05. The first kappa shape index (κ1) is 14.5. The number of carbonyl (C=O) groups is 2. The van der Waals surface area contributed by atoms with Crippen molar-refractivity contribution < 1.29 is 14.7 Å². The molecule has 5 heteroatoms. The third-order valence-electron chi connectivity index (χ3n) is 2.68. The van der Waals surface area contributed by atoms with Gasteiger partial charge in [-0.05, 0) is 13.3 Å². The standard InChI is InChI=1S/C11H20N2O3/c1-5-7-13(4)10(16)12-8-11(3,6-2)9(14)15/h5H,1,6-8H2,2-4H3,(H,12,16)(H,14,15). The Bertz CT molecular complexity index is 278. The molecule has 0 saturated heterocycles. The maximum absolute atomic E-state index is 11.5. The largest absolute Gasteiger partial charge is 0.481 e. The summed E-state index contributed by atoms with van der Waals surface area (Å²) in [6, 6.07) is -0.291. The predicted octanol–water partition coefficient (Wildman–Crippen LogP) is 1.31. The zero-order valence-electron chi connectivity index (χ0n) is 10.1. The van der Waals surface area contributed by atoms with Gasteiger partial charge in [0, 0.05) is 20.1 Å². The van der Waals surface area contributed by atoms with Crippen molar-refractivity contribution >= 4 is 12.0 Å². The molecule has 0 spiro atoms. The summed E-state index contributed by atoms with van der Waals surface area (Å²) in [7, 11) is 1.63. The van der Waals surface area contributed by atoms with E-state index in [0.29, 0.717) is 13.0 Å². The van der Waals surface area contributed by atoms with Gasteiger partial charge >= 0.3 is 12.0 Å². The molecule has 0 radical (unpaired) electrons. The zero-order chi connectivity index (χ0) is 12.8. The number of nitrogens with zero attached hydrogens (tertiary/aromatic N) is 1. The van der Waals surface area contributed by atoms with Gasteiger partial charge in [0.2, 0.25) is 0 Å². The third kappa shape index (κ3) is 3.92. The lowest BCUT2D eigenvalue weighted by Crippen LogP contribution is -2.45. The van der Waals surface area contributed by atoms with Gasteiger partial charge in [0.1, 0.15) is 0 Å². The van der Waals surface area contributed by atoms with Gasteiger partial charge < -0.3 is 15.3 Å². The van der Waals surface area contributed by atoms with E-state index >= 15 is 0 Å². The van der Waals surface area contributed by atoms with E-state index in [1.807, 2.05) is 0 Å². The molecule has 5 nitrogen and oxygen atoms in total. The van der Waals surface area contributed by atoms with Crippen LogP contribution in [0.3, 0.4) is 0 Å². The van der Waals surface area contributed by atoms with Crippen LogP contribution in [0.25, 0.3) is 0 Å². The summed E-state index contributed by atoms with van der Waals surface area (Å²) < 4.78 is 0. The number of amides is 2. The zero-order valence-corrected chi connectivity index (χ0v) is 10.1. The normalized spacial score (nSPS) is 13.7. The summed E-state index contributed by atoms with van der Waals surface area (Å²) in [5.74, 6) is -0.901. The summed E-state index contributed by atoms with van der Waals surface area (Å²) in [5, 5.41) is 11.6. The van der Waals surface area contributed by atoms with Crippen molar-refractivity contribution in [1.82, 2.24) is 10.2 Å². The van der Waals surface area contributed by atoms with Crippen molar-refractivity contribution in [2.45, 2.75) is 20.3 Å². The molecule has 0 aliphatic heterocycles. The van der Waals surface area contributed by atoms with Crippen molar-refractivity contribution in [1.29, 1.82) is 0 Å². The van der Waals surface area contributed by atoms with Crippen LogP contribution in [0.2, 0.25) is 0 Å². The fourth-order valence-electron chi connectivity index (χ4n) is 1.03. The van der Waals surface area contributed by atoms with Crippen LogP contribution in [0.15, 0.2) is 12.7 Å². The Balaban J connectivity index is 4.27. The quantitative estimate of drug-likeness (QED) is 0.673. The molecule has 0 heterocycles. The summed E-state index contributed by atoms with van der Waals surface area (Å²) in [6.45, 7) is 7.48. The molecular weight excluding hydrogens is 208 g/mol. The predicted molar refractivity (Wildman–Crippen MR) is 62.3 cm³/mol. The number of carboxylic acids is 1. The monoisotopic (exact) mass is 228 g/mol. The molecule has 0 bridgehead atoms. The van der Waals surface area contributed by atoms with E-state index in [2.05, 4.69) is 11.9 Å². The van der Waals surface area contributed by atoms with Crippen LogP contribution in [-0.4, -0.2) is 42.1 Å². The smallest absolute Gasteiger partial charge is 0.317 e. The molecule has 0 fully saturated rings. The highest BCUT2D eigenvalue weighted by Crippen LogP contribution is 2.19. The molecule has 0 rings (SSSR count). The number of nitrogens with one attached hydrogen (secondary N) is 1. The Labute approximate surface area is 96.1 Å². The van der Waals surface area contributed by atoms with E-state index in [9.17, 15) is 9.59 Å². The van der Waals surface area contributed by atoms with Gasteiger partial charge in [0.25, 0.3) is 0 Å². The van der Waals surface area contributed by atoms with Crippen LogP contribution < -0.4 is 5.32 Å². The fraction of sp³-hybridized carbons (Fsp3) is 0.636. The van der Waals surface area contributed by atoms with Gasteiger partial charge in [-0.25, -0.2) is 4.79 Å². The molecule has 0 aromatic rings. The lowest BCUT2D eigenvalue weighted by Gasteiger charge is -2.25. The van der Waals surface area contributed by atoms with Gasteiger partial charge in [-0.2, -0.15) is 0 Å². The maximum Gasteiger partial charge on any atom is 0.317 e. The van der Waals surface area contributed by atoms with Gasteiger partial charge in [-0.3, -0.25) is 4.79 Å². The minimum Gasteiger partial charge on any atom is -0.481 e. The number of carboxylic acid groups (broad SMARTS) is 1. The van der Waals surface area contributed by atoms with E-state index in [-0.39, 0.29) is 12.6 Å². The minimum atomic E-state index is -0.912. The van der Waals surface area contributed by atoms with Crippen molar-refractivity contribution in [3.8, 4) is 0 Å². The molecule has 0 aromatic heterocycles.